The highest BCUT2D eigenvalue weighted by Crippen LogP contribution is 2.39. The van der Waals surface area contributed by atoms with Crippen molar-refractivity contribution in [3.05, 3.63) is 82.7 Å². The van der Waals surface area contributed by atoms with Gasteiger partial charge in [-0.3, -0.25) is 4.79 Å². The summed E-state index contributed by atoms with van der Waals surface area (Å²) in [5, 5.41) is 3.22. The Morgan fingerprint density at radius 2 is 1.75 bits per heavy atom. The van der Waals surface area contributed by atoms with Gasteiger partial charge in [0.2, 0.25) is 0 Å². The maximum atomic E-state index is 12.9. The molecule has 0 saturated carbocycles. The standard InChI is InChI=1S/C23H17ClN2O6/c1-30-22(28)15-5-3-4-10-26(20(15)23(29)31-2)14-7-9-18-16(12-14)21(27)25-17-11-13(24)6-8-19(17)32-18/h3-12H,1-2H3,(H,25,27). The first-order valence-electron chi connectivity index (χ1n) is 9.40. The molecule has 8 nitrogen and oxygen atoms in total. The summed E-state index contributed by atoms with van der Waals surface area (Å²) in [5.41, 5.74) is 1.02. The monoisotopic (exact) mass is 452 g/mol. The van der Waals surface area contributed by atoms with Gasteiger partial charge in [-0.15, -0.1) is 0 Å². The molecule has 4 rings (SSSR count). The van der Waals surface area contributed by atoms with Crippen LogP contribution >= 0.6 is 11.6 Å². The van der Waals surface area contributed by atoms with Crippen LogP contribution in [0.15, 0.2) is 72.1 Å². The molecule has 1 amide bonds. The number of allylic oxidation sites excluding steroid dienone is 2. The van der Waals surface area contributed by atoms with E-state index in [1.54, 1.807) is 54.8 Å². The molecule has 0 fully saturated rings. The van der Waals surface area contributed by atoms with Crippen LogP contribution < -0.4 is 15.0 Å². The number of ether oxygens (including phenoxy) is 3. The molecular formula is C23H17ClN2O6. The van der Waals surface area contributed by atoms with Crippen molar-refractivity contribution in [1.29, 1.82) is 0 Å². The Bertz CT molecular complexity index is 1230. The molecule has 0 atom stereocenters. The smallest absolute Gasteiger partial charge is 0.355 e. The van der Waals surface area contributed by atoms with Gasteiger partial charge in [-0.1, -0.05) is 17.7 Å². The molecule has 2 aromatic rings. The molecular weight excluding hydrogens is 436 g/mol. The predicted octanol–water partition coefficient (Wildman–Crippen LogP) is 4.19. The van der Waals surface area contributed by atoms with Crippen molar-refractivity contribution >= 4 is 40.8 Å². The van der Waals surface area contributed by atoms with Gasteiger partial charge in [0.15, 0.2) is 5.75 Å². The van der Waals surface area contributed by atoms with E-state index in [1.807, 2.05) is 0 Å². The topological polar surface area (TPSA) is 94.2 Å². The maximum Gasteiger partial charge on any atom is 0.355 e. The number of hydrogen-bond acceptors (Lipinski definition) is 7. The molecule has 162 valence electrons. The third-order valence-corrected chi connectivity index (χ3v) is 5.02. The van der Waals surface area contributed by atoms with E-state index in [2.05, 4.69) is 5.32 Å². The zero-order valence-electron chi connectivity index (χ0n) is 17.0. The van der Waals surface area contributed by atoms with Gasteiger partial charge in [-0.2, -0.15) is 0 Å². The highest BCUT2D eigenvalue weighted by Gasteiger charge is 2.29. The predicted molar refractivity (Wildman–Crippen MR) is 118 cm³/mol. The van der Waals surface area contributed by atoms with Gasteiger partial charge in [-0.25, -0.2) is 9.59 Å². The largest absolute Gasteiger partial charge is 0.465 e. The van der Waals surface area contributed by atoms with Crippen LogP contribution in [0.3, 0.4) is 0 Å². The summed E-state index contributed by atoms with van der Waals surface area (Å²) in [6, 6.07) is 9.71. The molecule has 0 aromatic heterocycles. The lowest BCUT2D eigenvalue weighted by atomic mass is 10.1. The van der Waals surface area contributed by atoms with Crippen LogP contribution in [0.1, 0.15) is 10.4 Å². The number of halogens is 1. The number of methoxy groups -OCH3 is 2. The molecule has 32 heavy (non-hydrogen) atoms. The van der Waals surface area contributed by atoms with Crippen LogP contribution in [0.25, 0.3) is 0 Å². The third-order valence-electron chi connectivity index (χ3n) is 4.78. The van der Waals surface area contributed by atoms with Crippen molar-refractivity contribution < 1.29 is 28.6 Å². The van der Waals surface area contributed by atoms with Gasteiger partial charge in [0.05, 0.1) is 31.0 Å². The number of anilines is 2. The Balaban J connectivity index is 1.82. The quantitative estimate of drug-likeness (QED) is 0.698. The Labute approximate surface area is 188 Å². The average molecular weight is 453 g/mol. The van der Waals surface area contributed by atoms with Crippen molar-refractivity contribution in [2.24, 2.45) is 0 Å². The highest BCUT2D eigenvalue weighted by molar-refractivity contribution is 6.31. The second-order valence-corrected chi connectivity index (χ2v) is 7.13. The molecule has 2 aliphatic heterocycles. The van der Waals surface area contributed by atoms with E-state index in [-0.39, 0.29) is 16.8 Å². The molecule has 1 N–H and O–H groups in total. The van der Waals surface area contributed by atoms with E-state index in [1.165, 1.54) is 25.2 Å². The summed E-state index contributed by atoms with van der Waals surface area (Å²) in [4.78, 5) is 39.3. The number of benzene rings is 2. The highest BCUT2D eigenvalue weighted by atomic mass is 35.5. The van der Waals surface area contributed by atoms with Crippen LogP contribution in [0.2, 0.25) is 5.02 Å². The summed E-state index contributed by atoms with van der Waals surface area (Å²) in [6.07, 6.45) is 6.26. The minimum Gasteiger partial charge on any atom is -0.465 e. The Hall–Kier alpha value is -4.04. The summed E-state index contributed by atoms with van der Waals surface area (Å²) in [6.45, 7) is 0. The Morgan fingerprint density at radius 1 is 1.00 bits per heavy atom. The van der Waals surface area contributed by atoms with Crippen molar-refractivity contribution in [3.63, 3.8) is 0 Å². The van der Waals surface area contributed by atoms with E-state index in [9.17, 15) is 14.4 Å². The van der Waals surface area contributed by atoms with Crippen molar-refractivity contribution in [3.8, 4) is 11.5 Å². The molecule has 0 saturated heterocycles. The van der Waals surface area contributed by atoms with Crippen LogP contribution in [0.4, 0.5) is 11.4 Å². The number of hydrogen-bond donors (Lipinski definition) is 1. The summed E-state index contributed by atoms with van der Waals surface area (Å²) < 4.78 is 15.6. The van der Waals surface area contributed by atoms with Crippen LogP contribution in [-0.4, -0.2) is 32.1 Å². The molecule has 0 radical (unpaired) electrons. The van der Waals surface area contributed by atoms with Crippen LogP contribution in [0.5, 0.6) is 11.5 Å². The summed E-state index contributed by atoms with van der Waals surface area (Å²) in [5.74, 6) is -1.12. The maximum absolute atomic E-state index is 12.9. The van der Waals surface area contributed by atoms with Gasteiger partial charge >= 0.3 is 11.9 Å². The van der Waals surface area contributed by atoms with Crippen molar-refractivity contribution in [2.45, 2.75) is 0 Å². The minimum absolute atomic E-state index is 0.00189. The van der Waals surface area contributed by atoms with E-state index >= 15 is 0 Å². The zero-order chi connectivity index (χ0) is 22.8. The first-order chi connectivity index (χ1) is 15.4. The Morgan fingerprint density at radius 3 is 2.50 bits per heavy atom. The van der Waals surface area contributed by atoms with Gasteiger partial charge in [0.1, 0.15) is 11.4 Å². The second kappa shape index (κ2) is 8.60. The summed E-state index contributed by atoms with van der Waals surface area (Å²) in [7, 11) is 2.43. The first-order valence-corrected chi connectivity index (χ1v) is 9.78. The fourth-order valence-electron chi connectivity index (χ4n) is 3.30. The lowest BCUT2D eigenvalue weighted by Crippen LogP contribution is -2.27. The number of rotatable bonds is 3. The molecule has 9 heteroatoms. The third kappa shape index (κ3) is 3.83. The molecule has 2 heterocycles. The lowest BCUT2D eigenvalue weighted by molar-refractivity contribution is -0.139. The zero-order valence-corrected chi connectivity index (χ0v) is 17.8. The molecule has 0 aliphatic carbocycles. The van der Waals surface area contributed by atoms with Crippen molar-refractivity contribution in [1.82, 2.24) is 0 Å². The van der Waals surface area contributed by atoms with E-state index in [0.717, 1.165) is 0 Å². The normalized spacial score (nSPS) is 14.5. The number of amides is 1. The number of nitrogens with one attached hydrogen (secondary N) is 1. The van der Waals surface area contributed by atoms with Gasteiger partial charge in [0, 0.05) is 16.9 Å². The average Bonchev–Trinajstić information content (AvgIpc) is 3.10. The first kappa shape index (κ1) is 21.2. The second-order valence-electron chi connectivity index (χ2n) is 6.69. The number of fused-ring (bicyclic) bond motifs is 2. The molecule has 2 aromatic carbocycles. The fourth-order valence-corrected chi connectivity index (χ4v) is 3.47. The lowest BCUT2D eigenvalue weighted by Gasteiger charge is -2.23. The van der Waals surface area contributed by atoms with Crippen LogP contribution in [0, 0.1) is 0 Å². The fraction of sp³-hybridized carbons (Fsp3) is 0.0870. The number of esters is 2. The van der Waals surface area contributed by atoms with Crippen molar-refractivity contribution in [2.75, 3.05) is 24.4 Å². The molecule has 0 bridgehead atoms. The minimum atomic E-state index is -0.751. The van der Waals surface area contributed by atoms with Gasteiger partial charge in [0.25, 0.3) is 5.91 Å². The molecule has 0 unspecified atom stereocenters. The summed E-state index contributed by atoms with van der Waals surface area (Å²) >= 11 is 6.03. The molecule has 0 spiro atoms. The number of carbonyl (C=O) groups is 3. The SMILES string of the molecule is COC(=O)C1=C(C(=O)OC)N(c2ccc3c(c2)C(=O)Nc2cc(Cl)ccc2O3)C=CC=C1. The van der Waals surface area contributed by atoms with Gasteiger partial charge < -0.3 is 24.4 Å². The Kier molecular flexibility index (Phi) is 5.70. The van der Waals surface area contributed by atoms with E-state index in [0.29, 0.717) is 27.9 Å². The number of nitrogens with zero attached hydrogens (tertiary/aromatic N) is 1. The van der Waals surface area contributed by atoms with Gasteiger partial charge in [-0.05, 0) is 48.6 Å². The number of carbonyl (C=O) groups excluding carboxylic acids is 3. The van der Waals surface area contributed by atoms with E-state index in [4.69, 9.17) is 25.8 Å². The van der Waals surface area contributed by atoms with E-state index < -0.39 is 17.8 Å². The molecule has 2 aliphatic rings. The van der Waals surface area contributed by atoms with Crippen LogP contribution in [-0.2, 0) is 19.1 Å².